The first-order valence-corrected chi connectivity index (χ1v) is 11.2. The first-order chi connectivity index (χ1) is 13.3. The molecule has 2 aromatic heterocycles. The molecule has 0 N–H and O–H groups in total. The number of hydrogen-bond donors (Lipinski definition) is 0. The van der Waals surface area contributed by atoms with Gasteiger partial charge in [0, 0.05) is 11.6 Å². The molecular weight excluding hydrogens is 422 g/mol. The molecule has 28 heavy (non-hydrogen) atoms. The predicted molar refractivity (Wildman–Crippen MR) is 108 cm³/mol. The maximum Gasteiger partial charge on any atom is 0.247 e. The summed E-state index contributed by atoms with van der Waals surface area (Å²) in [4.78, 5) is 5.19. The topological polar surface area (TPSA) is 85.5 Å². The normalized spacial score (nSPS) is 12.1. The molecule has 0 aliphatic carbocycles. The molecule has 150 valence electrons. The molecule has 0 saturated heterocycles. The molecule has 0 aliphatic rings. The second-order valence-electron chi connectivity index (χ2n) is 6.48. The van der Waals surface area contributed by atoms with Crippen LogP contribution >= 0.6 is 22.9 Å². The Morgan fingerprint density at radius 3 is 2.75 bits per heavy atom. The average Bonchev–Trinajstić information content (AvgIpc) is 3.32. The first kappa shape index (κ1) is 20.8. The maximum absolute atomic E-state index is 13.3. The summed E-state index contributed by atoms with van der Waals surface area (Å²) in [6, 6.07) is 8.26. The Balaban J connectivity index is 1.95. The fraction of sp³-hybridized carbons (Fsp3) is 0.333. The number of halogens is 1. The zero-order valence-corrected chi connectivity index (χ0v) is 18.0. The minimum Gasteiger partial charge on any atom is -0.495 e. The molecule has 3 rings (SSSR count). The van der Waals surface area contributed by atoms with Gasteiger partial charge in [0.1, 0.15) is 10.6 Å². The van der Waals surface area contributed by atoms with Gasteiger partial charge in [0.15, 0.2) is 0 Å². The van der Waals surface area contributed by atoms with Crippen molar-refractivity contribution in [2.24, 2.45) is 5.92 Å². The molecule has 0 unspecified atom stereocenters. The third-order valence-electron chi connectivity index (χ3n) is 3.83. The largest absolute Gasteiger partial charge is 0.495 e. The number of methoxy groups -OCH3 is 1. The van der Waals surface area contributed by atoms with Gasteiger partial charge in [0.25, 0.3) is 0 Å². The number of aromatic nitrogens is 2. The van der Waals surface area contributed by atoms with Crippen LogP contribution in [0.15, 0.2) is 45.1 Å². The molecule has 0 bridgehead atoms. The van der Waals surface area contributed by atoms with E-state index < -0.39 is 10.0 Å². The van der Waals surface area contributed by atoms with Gasteiger partial charge in [0.05, 0.1) is 18.5 Å². The van der Waals surface area contributed by atoms with Crippen molar-refractivity contribution >= 4 is 33.0 Å². The van der Waals surface area contributed by atoms with E-state index in [2.05, 4.69) is 10.1 Å². The van der Waals surface area contributed by atoms with Crippen LogP contribution in [-0.4, -0.2) is 36.5 Å². The van der Waals surface area contributed by atoms with Gasteiger partial charge < -0.3 is 9.26 Å². The van der Waals surface area contributed by atoms with Gasteiger partial charge in [-0.05, 0) is 35.6 Å². The Morgan fingerprint density at radius 1 is 1.32 bits per heavy atom. The van der Waals surface area contributed by atoms with Crippen molar-refractivity contribution in [1.29, 1.82) is 0 Å². The zero-order valence-electron chi connectivity index (χ0n) is 15.6. The molecule has 2 heterocycles. The number of benzene rings is 1. The Hall–Kier alpha value is -1.94. The van der Waals surface area contributed by atoms with E-state index in [1.165, 1.54) is 34.9 Å². The van der Waals surface area contributed by atoms with Crippen LogP contribution in [0.3, 0.4) is 0 Å². The Bertz CT molecular complexity index is 1030. The number of hydrogen-bond acceptors (Lipinski definition) is 7. The quantitative estimate of drug-likeness (QED) is 0.517. The number of rotatable bonds is 8. The van der Waals surface area contributed by atoms with Crippen LogP contribution in [0, 0.1) is 5.92 Å². The number of sulfonamides is 1. The monoisotopic (exact) mass is 441 g/mol. The smallest absolute Gasteiger partial charge is 0.247 e. The molecule has 0 amide bonds. The number of thiophene rings is 1. The summed E-state index contributed by atoms with van der Waals surface area (Å²) in [5.74, 6) is 0.962. The van der Waals surface area contributed by atoms with Crippen molar-refractivity contribution in [1.82, 2.24) is 14.4 Å². The van der Waals surface area contributed by atoms with E-state index in [4.69, 9.17) is 20.9 Å². The third-order valence-corrected chi connectivity index (χ3v) is 6.77. The maximum atomic E-state index is 13.3. The van der Waals surface area contributed by atoms with Gasteiger partial charge in [-0.2, -0.15) is 9.29 Å². The van der Waals surface area contributed by atoms with Gasteiger partial charge in [-0.1, -0.05) is 36.7 Å². The third kappa shape index (κ3) is 4.54. The summed E-state index contributed by atoms with van der Waals surface area (Å²) in [5.41, 5.74) is 0. The minimum atomic E-state index is -3.91. The van der Waals surface area contributed by atoms with Crippen molar-refractivity contribution < 1.29 is 17.7 Å². The zero-order chi connectivity index (χ0) is 20.3. The highest BCUT2D eigenvalue weighted by atomic mass is 35.5. The van der Waals surface area contributed by atoms with E-state index in [0.717, 1.165) is 4.88 Å². The average molecular weight is 442 g/mol. The Morgan fingerprint density at radius 2 is 2.11 bits per heavy atom. The predicted octanol–water partition coefficient (Wildman–Crippen LogP) is 4.31. The van der Waals surface area contributed by atoms with Crippen molar-refractivity contribution in [2.75, 3.05) is 13.7 Å². The van der Waals surface area contributed by atoms with Crippen molar-refractivity contribution in [3.05, 3.63) is 46.6 Å². The summed E-state index contributed by atoms with van der Waals surface area (Å²) >= 11 is 7.51. The fourth-order valence-electron chi connectivity index (χ4n) is 2.62. The van der Waals surface area contributed by atoms with Crippen LogP contribution in [0.4, 0.5) is 0 Å². The summed E-state index contributed by atoms with van der Waals surface area (Å²) in [6.07, 6.45) is 0. The molecule has 10 heteroatoms. The van der Waals surface area contributed by atoms with E-state index >= 15 is 0 Å². The molecule has 0 fully saturated rings. The highest BCUT2D eigenvalue weighted by molar-refractivity contribution is 7.89. The lowest BCUT2D eigenvalue weighted by Crippen LogP contribution is -2.34. The van der Waals surface area contributed by atoms with Crippen LogP contribution in [0.25, 0.3) is 10.7 Å². The highest BCUT2D eigenvalue weighted by Gasteiger charge is 2.30. The van der Waals surface area contributed by atoms with E-state index in [0.29, 0.717) is 10.8 Å². The Kier molecular flexibility index (Phi) is 6.39. The summed E-state index contributed by atoms with van der Waals surface area (Å²) in [7, 11) is -2.49. The van der Waals surface area contributed by atoms with Gasteiger partial charge in [0.2, 0.25) is 21.7 Å². The van der Waals surface area contributed by atoms with Crippen LogP contribution in [-0.2, 0) is 16.6 Å². The van der Waals surface area contributed by atoms with Crippen molar-refractivity contribution in [2.45, 2.75) is 25.3 Å². The SMILES string of the molecule is COc1ccc(Cl)cc1S(=O)(=O)N(Cc1nc(-c2cccs2)no1)CC(C)C. The molecule has 1 aromatic carbocycles. The fourth-order valence-corrected chi connectivity index (χ4v) is 5.24. The molecule has 0 saturated carbocycles. The summed E-state index contributed by atoms with van der Waals surface area (Å²) in [5, 5.41) is 6.17. The Labute approximate surface area is 172 Å². The molecule has 3 aromatic rings. The van der Waals surface area contributed by atoms with Crippen LogP contribution in [0.5, 0.6) is 5.75 Å². The summed E-state index contributed by atoms with van der Waals surface area (Å²) < 4.78 is 38.5. The molecule has 7 nitrogen and oxygen atoms in total. The van der Waals surface area contributed by atoms with Crippen LogP contribution in [0.2, 0.25) is 5.02 Å². The molecule has 0 aliphatic heterocycles. The lowest BCUT2D eigenvalue weighted by Gasteiger charge is -2.23. The van der Waals surface area contributed by atoms with E-state index in [1.54, 1.807) is 6.07 Å². The minimum absolute atomic E-state index is 0.00106. The second kappa shape index (κ2) is 8.60. The first-order valence-electron chi connectivity index (χ1n) is 8.51. The van der Waals surface area contributed by atoms with Crippen molar-refractivity contribution in [3.8, 4) is 16.5 Å². The summed E-state index contributed by atoms with van der Waals surface area (Å²) in [6.45, 7) is 4.09. The van der Waals surface area contributed by atoms with E-state index in [9.17, 15) is 8.42 Å². The van der Waals surface area contributed by atoms with Crippen LogP contribution in [0.1, 0.15) is 19.7 Å². The van der Waals surface area contributed by atoms with Crippen molar-refractivity contribution in [3.63, 3.8) is 0 Å². The van der Waals surface area contributed by atoms with Crippen LogP contribution < -0.4 is 4.74 Å². The lowest BCUT2D eigenvalue weighted by molar-refractivity contribution is 0.297. The second-order valence-corrected chi connectivity index (χ2v) is 9.77. The van der Waals surface area contributed by atoms with E-state index in [-0.39, 0.29) is 35.5 Å². The van der Waals surface area contributed by atoms with Gasteiger partial charge >= 0.3 is 0 Å². The molecule has 0 radical (unpaired) electrons. The molecular formula is C18H20ClN3O4S2. The van der Waals surface area contributed by atoms with Gasteiger partial charge in [-0.25, -0.2) is 8.42 Å². The van der Waals surface area contributed by atoms with Gasteiger partial charge in [-0.3, -0.25) is 0 Å². The number of ether oxygens (including phenoxy) is 1. The molecule has 0 atom stereocenters. The number of nitrogens with zero attached hydrogens (tertiary/aromatic N) is 3. The standard InChI is InChI=1S/C18H20ClN3O4S2/c1-12(2)10-22(11-17-20-18(21-26-17)15-5-4-8-27-15)28(23,24)16-9-13(19)6-7-14(16)25-3/h4-9,12H,10-11H2,1-3H3. The molecule has 0 spiro atoms. The lowest BCUT2D eigenvalue weighted by atomic mass is 10.2. The van der Waals surface area contributed by atoms with Gasteiger partial charge in [-0.15, -0.1) is 11.3 Å². The van der Waals surface area contributed by atoms with E-state index in [1.807, 2.05) is 31.4 Å². The highest BCUT2D eigenvalue weighted by Crippen LogP contribution is 2.31.